The van der Waals surface area contributed by atoms with E-state index in [4.69, 9.17) is 0 Å². The molecule has 0 saturated heterocycles. The minimum absolute atomic E-state index is 0.0543. The zero-order valence-corrected chi connectivity index (χ0v) is 17.5. The van der Waals surface area contributed by atoms with E-state index in [1.807, 2.05) is 63.4 Å². The van der Waals surface area contributed by atoms with Crippen LogP contribution in [-0.4, -0.2) is 26.8 Å². The van der Waals surface area contributed by atoms with Crippen LogP contribution < -0.4 is 10.9 Å². The predicted molar refractivity (Wildman–Crippen MR) is 114 cm³/mol. The average molecular weight is 402 g/mol. The lowest BCUT2D eigenvalue weighted by Gasteiger charge is -2.20. The largest absolute Gasteiger partial charge is 0.351 e. The molecule has 1 N–H and O–H groups in total. The van der Waals surface area contributed by atoms with Gasteiger partial charge in [0.1, 0.15) is 4.83 Å². The average Bonchev–Trinajstić information content (AvgIpc) is 3.03. The third-order valence-electron chi connectivity index (χ3n) is 3.91. The fourth-order valence-corrected chi connectivity index (χ4v) is 4.66. The van der Waals surface area contributed by atoms with Crippen LogP contribution in [0.3, 0.4) is 0 Å². The Bertz CT molecular complexity index is 1020. The number of amides is 1. The van der Waals surface area contributed by atoms with Crippen LogP contribution in [0.15, 0.2) is 45.7 Å². The van der Waals surface area contributed by atoms with Crippen molar-refractivity contribution in [3.63, 3.8) is 0 Å². The number of carbonyl (C=O) groups is 1. The maximum absolute atomic E-state index is 13.1. The molecular weight excluding hydrogens is 378 g/mol. The van der Waals surface area contributed by atoms with Crippen molar-refractivity contribution in [1.82, 2.24) is 14.9 Å². The number of thiophene rings is 1. The van der Waals surface area contributed by atoms with Gasteiger partial charge in [0.25, 0.3) is 5.56 Å². The molecule has 0 fully saturated rings. The van der Waals surface area contributed by atoms with Gasteiger partial charge >= 0.3 is 0 Å². The predicted octanol–water partition coefficient (Wildman–Crippen LogP) is 4.15. The molecule has 3 aromatic rings. The number of hydrogen-bond donors (Lipinski definition) is 1. The van der Waals surface area contributed by atoms with Gasteiger partial charge in [0.2, 0.25) is 5.91 Å². The number of hydrogen-bond acceptors (Lipinski definition) is 5. The first kappa shape index (κ1) is 19.6. The Hall–Kier alpha value is -2.12. The minimum atomic E-state index is -0.280. The van der Waals surface area contributed by atoms with E-state index in [2.05, 4.69) is 10.3 Å². The molecule has 5 nitrogen and oxygen atoms in total. The third kappa shape index (κ3) is 4.42. The van der Waals surface area contributed by atoms with Crippen molar-refractivity contribution < 1.29 is 4.79 Å². The highest BCUT2D eigenvalue weighted by molar-refractivity contribution is 7.99. The number of nitrogens with zero attached hydrogens (tertiary/aromatic N) is 2. The van der Waals surface area contributed by atoms with Gasteiger partial charge in [-0.3, -0.25) is 14.2 Å². The molecule has 27 heavy (non-hydrogen) atoms. The molecular formula is C20H23N3O2S2. The quantitative estimate of drug-likeness (QED) is 0.515. The van der Waals surface area contributed by atoms with Crippen LogP contribution in [0.25, 0.3) is 21.3 Å². The summed E-state index contributed by atoms with van der Waals surface area (Å²) in [4.78, 5) is 30.6. The smallest absolute Gasteiger partial charge is 0.263 e. The van der Waals surface area contributed by atoms with E-state index in [0.29, 0.717) is 21.9 Å². The molecule has 7 heteroatoms. The summed E-state index contributed by atoms with van der Waals surface area (Å²) in [5.41, 5.74) is 1.59. The number of thioether (sulfide) groups is 1. The summed E-state index contributed by atoms with van der Waals surface area (Å²) in [6, 6.07) is 9.87. The van der Waals surface area contributed by atoms with Crippen LogP contribution in [0.5, 0.6) is 0 Å². The highest BCUT2D eigenvalue weighted by atomic mass is 32.2. The molecule has 2 heterocycles. The molecule has 0 atom stereocenters. The number of fused-ring (bicyclic) bond motifs is 1. The van der Waals surface area contributed by atoms with Crippen LogP contribution in [0.4, 0.5) is 0 Å². The highest BCUT2D eigenvalue weighted by Gasteiger charge is 2.19. The van der Waals surface area contributed by atoms with E-state index in [9.17, 15) is 9.59 Å². The summed E-state index contributed by atoms with van der Waals surface area (Å²) in [6.07, 6.45) is 0. The van der Waals surface area contributed by atoms with Crippen molar-refractivity contribution in [1.29, 1.82) is 0 Å². The maximum atomic E-state index is 13.1. The van der Waals surface area contributed by atoms with Crippen molar-refractivity contribution in [2.24, 2.45) is 0 Å². The summed E-state index contributed by atoms with van der Waals surface area (Å²) in [5.74, 6) is 0.159. The monoisotopic (exact) mass is 401 g/mol. The van der Waals surface area contributed by atoms with Crippen LogP contribution in [0, 0.1) is 0 Å². The lowest BCUT2D eigenvalue weighted by atomic mass is 10.1. The Kier molecular flexibility index (Phi) is 5.72. The summed E-state index contributed by atoms with van der Waals surface area (Å²) in [7, 11) is 0. The van der Waals surface area contributed by atoms with Crippen molar-refractivity contribution in [2.45, 2.75) is 44.9 Å². The number of benzene rings is 1. The standard InChI is InChI=1S/C20H23N3O2S2/c1-5-23-18(25)16-14(13-9-7-6-8-10-13)11-26-17(16)21-19(23)27-12-15(24)22-20(2,3)4/h6-11H,5,12H2,1-4H3,(H,22,24). The Labute approximate surface area is 166 Å². The number of rotatable bonds is 5. The SMILES string of the molecule is CCn1c(SCC(=O)NC(C)(C)C)nc2scc(-c3ccccc3)c2c1=O. The van der Waals surface area contributed by atoms with Gasteiger partial charge in [-0.25, -0.2) is 4.98 Å². The van der Waals surface area contributed by atoms with Crippen LogP contribution in [-0.2, 0) is 11.3 Å². The zero-order chi connectivity index (χ0) is 19.6. The van der Waals surface area contributed by atoms with Gasteiger partial charge < -0.3 is 5.32 Å². The topological polar surface area (TPSA) is 64.0 Å². The Morgan fingerprint density at radius 2 is 1.96 bits per heavy atom. The van der Waals surface area contributed by atoms with Gasteiger partial charge in [-0.2, -0.15) is 0 Å². The minimum Gasteiger partial charge on any atom is -0.351 e. The molecule has 1 aromatic carbocycles. The van der Waals surface area contributed by atoms with E-state index >= 15 is 0 Å². The molecule has 0 saturated carbocycles. The van der Waals surface area contributed by atoms with Crippen LogP contribution in [0.2, 0.25) is 0 Å². The summed E-state index contributed by atoms with van der Waals surface area (Å²) >= 11 is 2.76. The summed E-state index contributed by atoms with van der Waals surface area (Å²) < 4.78 is 1.65. The molecule has 0 bridgehead atoms. The van der Waals surface area contributed by atoms with Gasteiger partial charge in [-0.1, -0.05) is 42.1 Å². The molecule has 3 rings (SSSR count). The number of aromatic nitrogens is 2. The highest BCUT2D eigenvalue weighted by Crippen LogP contribution is 2.32. The Morgan fingerprint density at radius 3 is 2.59 bits per heavy atom. The van der Waals surface area contributed by atoms with Crippen LogP contribution >= 0.6 is 23.1 Å². The molecule has 142 valence electrons. The molecule has 2 aromatic heterocycles. The maximum Gasteiger partial charge on any atom is 0.263 e. The van der Waals surface area contributed by atoms with Gasteiger partial charge in [0.05, 0.1) is 11.1 Å². The van der Waals surface area contributed by atoms with E-state index in [0.717, 1.165) is 11.1 Å². The normalized spacial score (nSPS) is 11.7. The third-order valence-corrected chi connectivity index (χ3v) is 5.76. The van der Waals surface area contributed by atoms with Gasteiger partial charge in [0.15, 0.2) is 5.16 Å². The first-order chi connectivity index (χ1) is 12.8. The first-order valence-electron chi connectivity index (χ1n) is 8.81. The van der Waals surface area contributed by atoms with E-state index in [-0.39, 0.29) is 22.8 Å². The molecule has 0 spiro atoms. The van der Waals surface area contributed by atoms with Crippen molar-refractivity contribution >= 4 is 39.2 Å². The molecule has 0 aliphatic rings. The second kappa shape index (κ2) is 7.86. The zero-order valence-electron chi connectivity index (χ0n) is 15.9. The molecule has 0 unspecified atom stereocenters. The lowest BCUT2D eigenvalue weighted by Crippen LogP contribution is -2.41. The second-order valence-corrected chi connectivity index (χ2v) is 9.03. The fourth-order valence-electron chi connectivity index (χ4n) is 2.81. The van der Waals surface area contributed by atoms with Gasteiger partial charge in [-0.15, -0.1) is 11.3 Å². The molecule has 0 aliphatic heterocycles. The van der Waals surface area contributed by atoms with Crippen LogP contribution in [0.1, 0.15) is 27.7 Å². The number of nitrogens with one attached hydrogen (secondary N) is 1. The summed E-state index contributed by atoms with van der Waals surface area (Å²) in [5, 5.41) is 6.15. The van der Waals surface area contributed by atoms with E-state index in [1.54, 1.807) is 4.57 Å². The Balaban J connectivity index is 1.97. The number of carbonyl (C=O) groups excluding carboxylic acids is 1. The molecule has 1 amide bonds. The molecule has 0 radical (unpaired) electrons. The Morgan fingerprint density at radius 1 is 1.26 bits per heavy atom. The summed E-state index contributed by atoms with van der Waals surface area (Å²) in [6.45, 7) is 8.26. The lowest BCUT2D eigenvalue weighted by molar-refractivity contribution is -0.119. The second-order valence-electron chi connectivity index (χ2n) is 7.23. The van der Waals surface area contributed by atoms with E-state index < -0.39 is 0 Å². The molecule has 0 aliphatic carbocycles. The van der Waals surface area contributed by atoms with E-state index in [1.165, 1.54) is 23.1 Å². The van der Waals surface area contributed by atoms with Crippen molar-refractivity contribution in [3.8, 4) is 11.1 Å². The van der Waals surface area contributed by atoms with Crippen molar-refractivity contribution in [3.05, 3.63) is 46.1 Å². The van der Waals surface area contributed by atoms with Gasteiger partial charge in [0, 0.05) is 23.0 Å². The van der Waals surface area contributed by atoms with Gasteiger partial charge in [-0.05, 0) is 33.3 Å². The van der Waals surface area contributed by atoms with Crippen molar-refractivity contribution in [2.75, 3.05) is 5.75 Å². The first-order valence-corrected chi connectivity index (χ1v) is 10.7. The fraction of sp³-hybridized carbons (Fsp3) is 0.350.